The Balaban J connectivity index is 1.56. The molecule has 30 heavy (non-hydrogen) atoms. The summed E-state index contributed by atoms with van der Waals surface area (Å²) in [6.07, 6.45) is 1.34. The van der Waals surface area contributed by atoms with E-state index in [0.717, 1.165) is 11.3 Å². The number of hydrogen-bond acceptors (Lipinski definition) is 3. The van der Waals surface area contributed by atoms with Gasteiger partial charge in [-0.25, -0.2) is 4.79 Å². The molecule has 0 atom stereocenters. The molecule has 7 nitrogen and oxygen atoms in total. The normalized spacial score (nSPS) is 14.2. The monoisotopic (exact) mass is 408 g/mol. The zero-order valence-electron chi connectivity index (χ0n) is 17.0. The molecule has 2 aromatic carbocycles. The van der Waals surface area contributed by atoms with Crippen LogP contribution in [0.15, 0.2) is 60.7 Å². The molecule has 7 heteroatoms. The Morgan fingerprint density at radius 1 is 0.967 bits per heavy atom. The van der Waals surface area contributed by atoms with Crippen LogP contribution < -0.4 is 11.1 Å². The Morgan fingerprint density at radius 3 is 2.17 bits per heavy atom. The summed E-state index contributed by atoms with van der Waals surface area (Å²) in [5.41, 5.74) is 7.06. The van der Waals surface area contributed by atoms with E-state index in [1.54, 1.807) is 9.80 Å². The van der Waals surface area contributed by atoms with Crippen LogP contribution in [0.5, 0.6) is 0 Å². The van der Waals surface area contributed by atoms with Gasteiger partial charge in [-0.05, 0) is 30.5 Å². The fraction of sp³-hybridized carbons (Fsp3) is 0.348. The lowest BCUT2D eigenvalue weighted by molar-refractivity contribution is -0.137. The molecule has 2 aromatic rings. The molecule has 1 aliphatic heterocycles. The van der Waals surface area contributed by atoms with Gasteiger partial charge in [0.15, 0.2) is 0 Å². The summed E-state index contributed by atoms with van der Waals surface area (Å²) >= 11 is 0. The lowest BCUT2D eigenvalue weighted by atomic mass is 9.95. The Hall–Kier alpha value is -3.35. The second-order valence-electron chi connectivity index (χ2n) is 7.52. The maximum atomic E-state index is 13.1. The Morgan fingerprint density at radius 2 is 1.57 bits per heavy atom. The van der Waals surface area contributed by atoms with E-state index in [4.69, 9.17) is 5.73 Å². The number of nitrogens with one attached hydrogen (secondary N) is 1. The van der Waals surface area contributed by atoms with Gasteiger partial charge in [-0.2, -0.15) is 0 Å². The molecule has 1 fully saturated rings. The van der Waals surface area contributed by atoms with Crippen molar-refractivity contribution in [3.8, 4) is 0 Å². The van der Waals surface area contributed by atoms with Crippen LogP contribution in [0.4, 0.5) is 10.5 Å². The minimum atomic E-state index is -0.423. The largest absolute Gasteiger partial charge is 0.370 e. The second-order valence-corrected chi connectivity index (χ2v) is 7.52. The number of urea groups is 1. The van der Waals surface area contributed by atoms with Crippen LogP contribution in [0, 0.1) is 5.92 Å². The van der Waals surface area contributed by atoms with Crippen molar-refractivity contribution in [2.75, 3.05) is 25.0 Å². The number of piperidine rings is 1. The van der Waals surface area contributed by atoms with E-state index in [1.807, 2.05) is 60.7 Å². The maximum absolute atomic E-state index is 13.1. The fourth-order valence-electron chi connectivity index (χ4n) is 3.63. The van der Waals surface area contributed by atoms with Gasteiger partial charge in [0.05, 0.1) is 0 Å². The standard InChI is InChI=1S/C23H28N4O3/c24-21(28)13-16-27(17-18-7-3-1-4-8-18)22(29)19-11-14-26(15-12-19)23(30)25-20-9-5-2-6-10-20/h1-10,19H,11-17H2,(H2,24,28)(H,25,30). The van der Waals surface area contributed by atoms with Crippen molar-refractivity contribution < 1.29 is 14.4 Å². The van der Waals surface area contributed by atoms with Crippen LogP contribution in [-0.2, 0) is 16.1 Å². The van der Waals surface area contributed by atoms with Gasteiger partial charge in [-0.3, -0.25) is 9.59 Å². The van der Waals surface area contributed by atoms with Gasteiger partial charge in [0.1, 0.15) is 0 Å². The second kappa shape index (κ2) is 10.4. The molecule has 0 aliphatic carbocycles. The van der Waals surface area contributed by atoms with Crippen molar-refractivity contribution >= 4 is 23.5 Å². The van der Waals surface area contributed by atoms with Crippen LogP contribution in [-0.4, -0.2) is 47.3 Å². The number of nitrogens with two attached hydrogens (primary N) is 1. The Kier molecular flexibility index (Phi) is 7.43. The molecule has 0 unspecified atom stereocenters. The molecule has 0 radical (unpaired) electrons. The highest BCUT2D eigenvalue weighted by Gasteiger charge is 2.30. The van der Waals surface area contributed by atoms with Crippen LogP contribution in [0.1, 0.15) is 24.8 Å². The third kappa shape index (κ3) is 6.07. The summed E-state index contributed by atoms with van der Waals surface area (Å²) in [6, 6.07) is 18.9. The lowest BCUT2D eigenvalue weighted by Crippen LogP contribution is -2.46. The van der Waals surface area contributed by atoms with Gasteiger partial charge in [0.25, 0.3) is 0 Å². The number of primary amides is 1. The molecule has 1 saturated heterocycles. The molecule has 3 N–H and O–H groups in total. The van der Waals surface area contributed by atoms with E-state index in [2.05, 4.69) is 5.32 Å². The summed E-state index contributed by atoms with van der Waals surface area (Å²) in [4.78, 5) is 40.3. The highest BCUT2D eigenvalue weighted by Crippen LogP contribution is 2.22. The Bertz CT molecular complexity index is 849. The lowest BCUT2D eigenvalue weighted by Gasteiger charge is -2.34. The molecular weight excluding hydrogens is 380 g/mol. The SMILES string of the molecule is NC(=O)CCN(Cc1ccccc1)C(=O)C1CCN(C(=O)Nc2ccccc2)CC1. The number of anilines is 1. The van der Waals surface area contributed by atoms with E-state index in [9.17, 15) is 14.4 Å². The highest BCUT2D eigenvalue weighted by molar-refractivity contribution is 5.89. The van der Waals surface area contributed by atoms with Crippen molar-refractivity contribution in [3.05, 3.63) is 66.2 Å². The number of benzene rings is 2. The topological polar surface area (TPSA) is 95.7 Å². The molecule has 0 aromatic heterocycles. The summed E-state index contributed by atoms with van der Waals surface area (Å²) in [6.45, 7) is 1.79. The minimum Gasteiger partial charge on any atom is -0.370 e. The summed E-state index contributed by atoms with van der Waals surface area (Å²) in [5, 5.41) is 2.88. The number of rotatable bonds is 7. The summed E-state index contributed by atoms with van der Waals surface area (Å²) in [7, 11) is 0. The van der Waals surface area contributed by atoms with Gasteiger partial charge >= 0.3 is 6.03 Å². The Labute approximate surface area is 176 Å². The highest BCUT2D eigenvalue weighted by atomic mass is 16.2. The van der Waals surface area contributed by atoms with Gasteiger partial charge in [-0.15, -0.1) is 0 Å². The quantitative estimate of drug-likeness (QED) is 0.737. The van der Waals surface area contributed by atoms with Gasteiger partial charge in [0.2, 0.25) is 11.8 Å². The van der Waals surface area contributed by atoms with E-state index < -0.39 is 5.91 Å². The van der Waals surface area contributed by atoms with Crippen LogP contribution in [0.3, 0.4) is 0 Å². The summed E-state index contributed by atoms with van der Waals surface area (Å²) < 4.78 is 0. The van der Waals surface area contributed by atoms with Crippen LogP contribution in [0.2, 0.25) is 0 Å². The van der Waals surface area contributed by atoms with E-state index >= 15 is 0 Å². The first-order valence-electron chi connectivity index (χ1n) is 10.2. The molecule has 1 heterocycles. The number of nitrogens with zero attached hydrogens (tertiary/aromatic N) is 2. The predicted octanol–water partition coefficient (Wildman–Crippen LogP) is 2.83. The molecule has 3 rings (SSSR count). The molecule has 0 spiro atoms. The zero-order chi connectivity index (χ0) is 21.3. The number of carbonyl (C=O) groups is 3. The maximum Gasteiger partial charge on any atom is 0.321 e. The molecule has 1 aliphatic rings. The zero-order valence-corrected chi connectivity index (χ0v) is 17.0. The van der Waals surface area contributed by atoms with Crippen LogP contribution in [0.25, 0.3) is 0 Å². The molecule has 4 amide bonds. The number of likely N-dealkylation sites (tertiary alicyclic amines) is 1. The van der Waals surface area contributed by atoms with Crippen molar-refractivity contribution in [3.63, 3.8) is 0 Å². The van der Waals surface area contributed by atoms with Gasteiger partial charge < -0.3 is 20.9 Å². The van der Waals surface area contributed by atoms with Crippen molar-refractivity contribution in [2.24, 2.45) is 11.7 Å². The number of para-hydroxylation sites is 1. The first kappa shape index (κ1) is 21.4. The minimum absolute atomic E-state index is 0.0169. The molecular formula is C23H28N4O3. The molecule has 0 saturated carbocycles. The van der Waals surface area contributed by atoms with Crippen molar-refractivity contribution in [1.29, 1.82) is 0 Å². The number of hydrogen-bond donors (Lipinski definition) is 2. The number of amides is 4. The predicted molar refractivity (Wildman–Crippen MR) is 115 cm³/mol. The van der Waals surface area contributed by atoms with E-state index in [-0.39, 0.29) is 24.3 Å². The van der Waals surface area contributed by atoms with Crippen molar-refractivity contribution in [2.45, 2.75) is 25.8 Å². The fourth-order valence-corrected chi connectivity index (χ4v) is 3.63. The van der Waals surface area contributed by atoms with Crippen molar-refractivity contribution in [1.82, 2.24) is 9.80 Å². The van der Waals surface area contributed by atoms with Gasteiger partial charge in [-0.1, -0.05) is 48.5 Å². The van der Waals surface area contributed by atoms with E-state index in [0.29, 0.717) is 39.0 Å². The first-order chi connectivity index (χ1) is 14.5. The smallest absolute Gasteiger partial charge is 0.321 e. The van der Waals surface area contributed by atoms with Gasteiger partial charge in [0, 0.05) is 44.2 Å². The first-order valence-corrected chi connectivity index (χ1v) is 10.2. The number of carbonyl (C=O) groups excluding carboxylic acids is 3. The molecule has 158 valence electrons. The van der Waals surface area contributed by atoms with E-state index in [1.165, 1.54) is 0 Å². The average molecular weight is 409 g/mol. The average Bonchev–Trinajstić information content (AvgIpc) is 2.77. The molecule has 0 bridgehead atoms. The third-order valence-corrected chi connectivity index (χ3v) is 5.31. The summed E-state index contributed by atoms with van der Waals surface area (Å²) in [5.74, 6) is -0.571. The third-order valence-electron chi connectivity index (χ3n) is 5.31. The van der Waals surface area contributed by atoms with Crippen LogP contribution >= 0.6 is 0 Å².